The summed E-state index contributed by atoms with van der Waals surface area (Å²) in [5, 5.41) is 7.16. The summed E-state index contributed by atoms with van der Waals surface area (Å²) in [7, 11) is 0. The zero-order chi connectivity index (χ0) is 16.7. The second-order valence-electron chi connectivity index (χ2n) is 6.90. The van der Waals surface area contributed by atoms with Gasteiger partial charge in [0.15, 0.2) is 0 Å². The minimum atomic E-state index is 0.305. The zero-order valence-electron chi connectivity index (χ0n) is 13.9. The minimum absolute atomic E-state index is 0.305. The zero-order valence-corrected chi connectivity index (χ0v) is 17.1. The Hall–Kier alpha value is -0.840. The summed E-state index contributed by atoms with van der Waals surface area (Å²) in [6.07, 6.45) is 8.92. The Kier molecular flexibility index (Phi) is 4.72. The Morgan fingerprint density at radius 1 is 1.04 bits per heavy atom. The average molecular weight is 450 g/mol. The molecule has 1 aromatic carbocycles. The van der Waals surface area contributed by atoms with Crippen LogP contribution >= 0.6 is 31.9 Å². The first-order valence-corrected chi connectivity index (χ1v) is 10.3. The molecule has 1 fully saturated rings. The number of hydrogen-bond donors (Lipinski definition) is 2. The number of allylic oxidation sites excluding steroid dienone is 2. The molecule has 2 aliphatic heterocycles. The van der Waals surface area contributed by atoms with E-state index in [0.717, 1.165) is 43.3 Å². The maximum atomic E-state index is 3.88. The molecule has 1 aromatic rings. The van der Waals surface area contributed by atoms with Crippen molar-refractivity contribution >= 4 is 37.4 Å². The average Bonchev–Trinajstić information content (AvgIpc) is 2.72. The summed E-state index contributed by atoms with van der Waals surface area (Å²) in [5.41, 5.74) is 8.86. The number of fused-ring (bicyclic) bond motifs is 2. The number of hydrogen-bond acceptors (Lipinski definition) is 2. The lowest BCUT2D eigenvalue weighted by Gasteiger charge is -2.30. The Labute approximate surface area is 160 Å². The van der Waals surface area contributed by atoms with E-state index in [-0.39, 0.29) is 0 Å². The van der Waals surface area contributed by atoms with Gasteiger partial charge in [0, 0.05) is 15.2 Å². The molecule has 0 aromatic heterocycles. The van der Waals surface area contributed by atoms with Crippen LogP contribution in [-0.4, -0.2) is 19.1 Å². The van der Waals surface area contributed by atoms with Gasteiger partial charge in [-0.15, -0.1) is 0 Å². The number of dihydropyridines is 1. The highest BCUT2D eigenvalue weighted by Crippen LogP contribution is 2.42. The van der Waals surface area contributed by atoms with Crippen LogP contribution in [0.4, 0.5) is 0 Å². The first kappa shape index (κ1) is 16.6. The van der Waals surface area contributed by atoms with Gasteiger partial charge in [0.1, 0.15) is 0 Å². The minimum Gasteiger partial charge on any atom is -0.379 e. The predicted molar refractivity (Wildman–Crippen MR) is 108 cm³/mol. The van der Waals surface area contributed by atoms with Crippen LogP contribution in [-0.2, 0) is 6.42 Å². The molecule has 0 spiro atoms. The van der Waals surface area contributed by atoms with Gasteiger partial charge in [-0.2, -0.15) is 0 Å². The molecule has 2 heterocycles. The Balaban J connectivity index is 1.93. The van der Waals surface area contributed by atoms with Gasteiger partial charge in [0.2, 0.25) is 0 Å². The molecule has 2 N–H and O–H groups in total. The van der Waals surface area contributed by atoms with Gasteiger partial charge in [-0.05, 0) is 102 Å². The molecule has 1 unspecified atom stereocenters. The van der Waals surface area contributed by atoms with E-state index < -0.39 is 0 Å². The van der Waals surface area contributed by atoms with Gasteiger partial charge in [-0.3, -0.25) is 0 Å². The van der Waals surface area contributed by atoms with Crippen molar-refractivity contribution in [2.75, 3.05) is 13.1 Å². The van der Waals surface area contributed by atoms with Crippen LogP contribution in [0.5, 0.6) is 0 Å². The maximum absolute atomic E-state index is 3.88. The van der Waals surface area contributed by atoms with Gasteiger partial charge in [0.25, 0.3) is 0 Å². The van der Waals surface area contributed by atoms with E-state index in [4.69, 9.17) is 0 Å². The molecular formula is C20H22Br2N2. The van der Waals surface area contributed by atoms with Crippen molar-refractivity contribution in [3.05, 3.63) is 61.2 Å². The van der Waals surface area contributed by atoms with E-state index >= 15 is 0 Å². The van der Waals surface area contributed by atoms with Gasteiger partial charge in [-0.1, -0.05) is 27.6 Å². The smallest absolute Gasteiger partial charge is 0.0731 e. The maximum Gasteiger partial charge on any atom is 0.0731 e. The van der Waals surface area contributed by atoms with E-state index in [1.165, 1.54) is 32.3 Å². The molecule has 0 radical (unpaired) electrons. The van der Waals surface area contributed by atoms with Crippen molar-refractivity contribution in [1.29, 1.82) is 0 Å². The third kappa shape index (κ3) is 3.04. The normalized spacial score (nSPS) is 23.5. The lowest BCUT2D eigenvalue weighted by Crippen LogP contribution is -2.33. The molecule has 0 bridgehead atoms. The topological polar surface area (TPSA) is 24.1 Å². The van der Waals surface area contributed by atoms with Crippen molar-refractivity contribution in [3.8, 4) is 0 Å². The molecule has 3 aliphatic rings. The molecule has 4 heteroatoms. The fourth-order valence-corrected chi connectivity index (χ4v) is 5.43. The lowest BCUT2D eigenvalue weighted by atomic mass is 9.85. The highest BCUT2D eigenvalue weighted by Gasteiger charge is 2.31. The number of rotatable bonds is 0. The van der Waals surface area contributed by atoms with Crippen LogP contribution < -0.4 is 10.6 Å². The van der Waals surface area contributed by atoms with Gasteiger partial charge in [-0.25, -0.2) is 0 Å². The highest BCUT2D eigenvalue weighted by atomic mass is 79.9. The molecule has 126 valence electrons. The van der Waals surface area contributed by atoms with E-state index in [1.54, 1.807) is 5.57 Å². The van der Waals surface area contributed by atoms with Crippen molar-refractivity contribution in [2.45, 2.75) is 38.6 Å². The van der Waals surface area contributed by atoms with E-state index in [9.17, 15) is 0 Å². The fraction of sp³-hybridized carbons (Fsp3) is 0.400. The summed E-state index contributed by atoms with van der Waals surface area (Å²) in [6, 6.07) is 4.95. The molecule has 4 rings (SSSR count). The van der Waals surface area contributed by atoms with Crippen LogP contribution in [0.3, 0.4) is 0 Å². The number of halogens is 2. The second kappa shape index (κ2) is 6.81. The third-order valence-electron chi connectivity index (χ3n) is 5.23. The van der Waals surface area contributed by atoms with Crippen molar-refractivity contribution in [2.24, 2.45) is 0 Å². The monoisotopic (exact) mass is 448 g/mol. The van der Waals surface area contributed by atoms with Crippen LogP contribution in [0, 0.1) is 6.92 Å². The van der Waals surface area contributed by atoms with Gasteiger partial charge < -0.3 is 10.6 Å². The fourth-order valence-electron chi connectivity index (χ4n) is 4.17. The molecular weight excluding hydrogens is 428 g/mol. The van der Waals surface area contributed by atoms with E-state index in [0.29, 0.717) is 6.04 Å². The summed E-state index contributed by atoms with van der Waals surface area (Å²) < 4.78 is 2.39. The van der Waals surface area contributed by atoms with E-state index in [2.05, 4.69) is 73.8 Å². The van der Waals surface area contributed by atoms with Crippen LogP contribution in [0.2, 0.25) is 0 Å². The molecule has 24 heavy (non-hydrogen) atoms. The number of piperidine rings is 1. The van der Waals surface area contributed by atoms with Crippen molar-refractivity contribution < 1.29 is 0 Å². The number of nitrogens with one attached hydrogen (secondary N) is 2. The Bertz CT molecular complexity index is 766. The number of benzene rings is 1. The van der Waals surface area contributed by atoms with Crippen LogP contribution in [0.15, 0.2) is 44.5 Å². The Morgan fingerprint density at radius 2 is 1.83 bits per heavy atom. The van der Waals surface area contributed by atoms with E-state index in [1.807, 2.05) is 0 Å². The highest BCUT2D eigenvalue weighted by molar-refractivity contribution is 9.12. The molecule has 0 saturated carbocycles. The van der Waals surface area contributed by atoms with Crippen LogP contribution in [0.1, 0.15) is 36.0 Å². The largest absolute Gasteiger partial charge is 0.379 e. The molecule has 1 atom stereocenters. The first-order valence-electron chi connectivity index (χ1n) is 8.67. The standard InChI is InChI=1S/C20H22Br2N2/c1-12-8-14-2-3-15-10-16(21)11-24-20(15)19(18(14)17(22)9-12)13-4-6-23-7-5-13/h8-11,20,23-24H,2-7H2,1H3. The number of aryl methyl sites for hydroxylation is 2. The van der Waals surface area contributed by atoms with Gasteiger partial charge >= 0.3 is 0 Å². The molecule has 1 saturated heterocycles. The Morgan fingerprint density at radius 3 is 2.62 bits per heavy atom. The lowest BCUT2D eigenvalue weighted by molar-refractivity contribution is 0.606. The van der Waals surface area contributed by atoms with Crippen LogP contribution in [0.25, 0.3) is 5.57 Å². The molecule has 2 nitrogen and oxygen atoms in total. The SMILES string of the molecule is Cc1cc(Br)c2c(c1)CCC1=CC(Br)=CNC1C2=C1CCNCC1. The van der Waals surface area contributed by atoms with Crippen molar-refractivity contribution in [3.63, 3.8) is 0 Å². The van der Waals surface area contributed by atoms with Gasteiger partial charge in [0.05, 0.1) is 6.04 Å². The molecule has 1 aliphatic carbocycles. The molecule has 0 amide bonds. The quantitative estimate of drug-likeness (QED) is 0.583. The summed E-state index contributed by atoms with van der Waals surface area (Å²) in [6.45, 7) is 4.36. The first-order chi connectivity index (χ1) is 11.6. The van der Waals surface area contributed by atoms with Crippen molar-refractivity contribution in [1.82, 2.24) is 10.6 Å². The summed E-state index contributed by atoms with van der Waals surface area (Å²) in [5.74, 6) is 0. The predicted octanol–water partition coefficient (Wildman–Crippen LogP) is 4.98. The second-order valence-corrected chi connectivity index (χ2v) is 8.67. The third-order valence-corrected chi connectivity index (χ3v) is 6.31. The summed E-state index contributed by atoms with van der Waals surface area (Å²) >= 11 is 7.52. The summed E-state index contributed by atoms with van der Waals surface area (Å²) in [4.78, 5) is 0.